The number of hydrogen-bond acceptors (Lipinski definition) is 2. The number of hydrogen-bond donors (Lipinski definition) is 2. The Kier molecular flexibility index (Phi) is 2.65. The molecule has 4 heteroatoms. The number of amides is 1. The summed E-state index contributed by atoms with van der Waals surface area (Å²) in [6.45, 7) is 0.391. The molecule has 1 rings (SSSR count). The van der Waals surface area contributed by atoms with Crippen molar-refractivity contribution in [2.45, 2.75) is 19.0 Å². The molecule has 2 N–H and O–H groups in total. The quantitative estimate of drug-likeness (QED) is 0.511. The third kappa shape index (κ3) is 1.97. The molecule has 1 aliphatic rings. The summed E-state index contributed by atoms with van der Waals surface area (Å²) in [4.78, 5) is 10.5. The highest BCUT2D eigenvalue weighted by Crippen LogP contribution is 2.02. The summed E-state index contributed by atoms with van der Waals surface area (Å²) in [5.41, 5.74) is 0. The van der Waals surface area contributed by atoms with Gasteiger partial charge in [-0.2, -0.15) is 0 Å². The lowest BCUT2D eigenvalue weighted by molar-refractivity contribution is -0.124. The van der Waals surface area contributed by atoms with Crippen molar-refractivity contribution in [2.75, 3.05) is 13.2 Å². The predicted molar refractivity (Wildman–Crippen MR) is 35.3 cm³/mol. The van der Waals surface area contributed by atoms with Crippen LogP contribution in [0.4, 0.5) is 0 Å². The number of aliphatic hydroxyl groups excluding tert-OH is 1. The third-order valence-corrected chi connectivity index (χ3v) is 1.46. The first kappa shape index (κ1) is 7.50. The Morgan fingerprint density at radius 3 is 3.10 bits per heavy atom. The molecule has 1 unspecified atom stereocenters. The normalized spacial score (nSPS) is 24.7. The van der Waals surface area contributed by atoms with Gasteiger partial charge in [0.1, 0.15) is 6.61 Å². The van der Waals surface area contributed by atoms with Crippen molar-refractivity contribution in [1.29, 1.82) is 0 Å². The second kappa shape index (κ2) is 3.53. The molecule has 1 saturated heterocycles. The topological polar surface area (TPSA) is 63.4 Å². The van der Waals surface area contributed by atoms with E-state index in [0.29, 0.717) is 0 Å². The van der Waals surface area contributed by atoms with Crippen LogP contribution >= 0.6 is 0 Å². The maximum absolute atomic E-state index is 10.5. The minimum atomic E-state index is -0.438. The van der Waals surface area contributed by atoms with Crippen LogP contribution in [0.25, 0.3) is 0 Å². The Labute approximate surface area is 59.6 Å². The molecule has 0 aromatic rings. The highest BCUT2D eigenvalue weighted by Gasteiger charge is 2.16. The number of nitrogens with zero attached hydrogens (tertiary/aromatic N) is 1. The summed E-state index contributed by atoms with van der Waals surface area (Å²) < 4.78 is 0. The van der Waals surface area contributed by atoms with E-state index in [4.69, 9.17) is 5.11 Å². The van der Waals surface area contributed by atoms with Gasteiger partial charge in [0.2, 0.25) is 5.91 Å². The van der Waals surface area contributed by atoms with Gasteiger partial charge in [-0.25, -0.2) is 5.32 Å². The van der Waals surface area contributed by atoms with Crippen LogP contribution < -0.4 is 10.6 Å². The van der Waals surface area contributed by atoms with Gasteiger partial charge in [0, 0.05) is 6.54 Å². The maximum Gasteiger partial charge on any atom is 0.246 e. The van der Waals surface area contributed by atoms with Crippen LogP contribution in [-0.2, 0) is 4.79 Å². The SMILES string of the molecule is O=C(CO)NC1CCC[N]1. The van der Waals surface area contributed by atoms with Gasteiger partial charge < -0.3 is 10.4 Å². The Hall–Kier alpha value is -0.610. The van der Waals surface area contributed by atoms with E-state index in [1.807, 2.05) is 0 Å². The van der Waals surface area contributed by atoms with Crippen molar-refractivity contribution in [3.8, 4) is 0 Å². The first-order chi connectivity index (χ1) is 4.83. The van der Waals surface area contributed by atoms with Crippen molar-refractivity contribution < 1.29 is 9.90 Å². The second-order valence-electron chi connectivity index (χ2n) is 2.29. The zero-order valence-corrected chi connectivity index (χ0v) is 5.71. The van der Waals surface area contributed by atoms with Crippen LogP contribution in [0.3, 0.4) is 0 Å². The average Bonchev–Trinajstić information content (AvgIpc) is 2.40. The maximum atomic E-state index is 10.5. The minimum Gasteiger partial charge on any atom is -0.387 e. The van der Waals surface area contributed by atoms with E-state index in [-0.39, 0.29) is 12.1 Å². The number of carbonyl (C=O) groups is 1. The minimum absolute atomic E-state index is 0.0420. The van der Waals surface area contributed by atoms with Crippen molar-refractivity contribution in [3.63, 3.8) is 0 Å². The predicted octanol–water partition coefficient (Wildman–Crippen LogP) is -1.18. The summed E-state index contributed by atoms with van der Waals surface area (Å²) in [5, 5.41) is 15.0. The number of rotatable bonds is 2. The molecule has 1 atom stereocenters. The number of nitrogens with one attached hydrogen (secondary N) is 1. The molecular formula is C6H11N2O2. The zero-order valence-electron chi connectivity index (χ0n) is 5.71. The number of aliphatic hydroxyl groups is 1. The molecule has 1 radical (unpaired) electrons. The zero-order chi connectivity index (χ0) is 7.40. The van der Waals surface area contributed by atoms with E-state index in [1.165, 1.54) is 0 Å². The fourth-order valence-electron chi connectivity index (χ4n) is 0.972. The van der Waals surface area contributed by atoms with E-state index in [2.05, 4.69) is 10.6 Å². The number of carbonyl (C=O) groups excluding carboxylic acids is 1. The first-order valence-corrected chi connectivity index (χ1v) is 3.40. The molecule has 1 heterocycles. The lowest BCUT2D eigenvalue weighted by Gasteiger charge is -2.08. The largest absolute Gasteiger partial charge is 0.387 e. The fourth-order valence-corrected chi connectivity index (χ4v) is 0.972. The monoisotopic (exact) mass is 143 g/mol. The molecule has 0 aromatic heterocycles. The summed E-state index contributed by atoms with van der Waals surface area (Å²) in [5.74, 6) is -0.337. The van der Waals surface area contributed by atoms with E-state index in [9.17, 15) is 4.79 Å². The standard InChI is InChI=1S/C6H11N2O2/c9-4-6(10)8-5-2-1-3-7-5/h5,9H,1-4H2,(H,8,10). The molecule has 0 saturated carbocycles. The molecule has 0 aliphatic carbocycles. The molecule has 0 spiro atoms. The van der Waals surface area contributed by atoms with Gasteiger partial charge in [0.15, 0.2) is 0 Å². The van der Waals surface area contributed by atoms with Gasteiger partial charge in [-0.3, -0.25) is 4.79 Å². The molecule has 1 aliphatic heterocycles. The van der Waals surface area contributed by atoms with Crippen LogP contribution in [0.1, 0.15) is 12.8 Å². The Bertz CT molecular complexity index is 121. The highest BCUT2D eigenvalue weighted by molar-refractivity contribution is 5.77. The van der Waals surface area contributed by atoms with Gasteiger partial charge in [0.05, 0.1) is 6.17 Å². The Balaban J connectivity index is 2.17. The molecular weight excluding hydrogens is 132 g/mol. The van der Waals surface area contributed by atoms with E-state index < -0.39 is 6.61 Å². The van der Waals surface area contributed by atoms with Crippen LogP contribution in [0, 0.1) is 0 Å². The van der Waals surface area contributed by atoms with Crippen molar-refractivity contribution in [2.24, 2.45) is 0 Å². The Morgan fingerprint density at radius 2 is 2.60 bits per heavy atom. The van der Waals surface area contributed by atoms with E-state index in [0.717, 1.165) is 19.4 Å². The summed E-state index contributed by atoms with van der Waals surface area (Å²) >= 11 is 0. The van der Waals surface area contributed by atoms with E-state index >= 15 is 0 Å². The molecule has 4 nitrogen and oxygen atoms in total. The average molecular weight is 143 g/mol. The van der Waals surface area contributed by atoms with Gasteiger partial charge in [-0.05, 0) is 12.8 Å². The van der Waals surface area contributed by atoms with Crippen molar-refractivity contribution >= 4 is 5.91 Å². The van der Waals surface area contributed by atoms with Crippen LogP contribution in [-0.4, -0.2) is 30.3 Å². The highest BCUT2D eigenvalue weighted by atomic mass is 16.3. The molecule has 57 valence electrons. The fraction of sp³-hybridized carbons (Fsp3) is 0.833. The van der Waals surface area contributed by atoms with Crippen LogP contribution in [0.15, 0.2) is 0 Å². The Morgan fingerprint density at radius 1 is 1.80 bits per heavy atom. The summed E-state index contributed by atoms with van der Waals surface area (Å²) in [6.07, 6.45) is 1.90. The van der Waals surface area contributed by atoms with Gasteiger partial charge >= 0.3 is 0 Å². The molecule has 0 bridgehead atoms. The smallest absolute Gasteiger partial charge is 0.246 e. The van der Waals surface area contributed by atoms with Gasteiger partial charge in [-0.1, -0.05) is 0 Å². The van der Waals surface area contributed by atoms with Crippen LogP contribution in [0.5, 0.6) is 0 Å². The molecule has 0 aromatic carbocycles. The summed E-state index contributed by atoms with van der Waals surface area (Å²) in [6, 6.07) is 0. The van der Waals surface area contributed by atoms with Crippen molar-refractivity contribution in [1.82, 2.24) is 10.6 Å². The van der Waals surface area contributed by atoms with Gasteiger partial charge in [0.25, 0.3) is 0 Å². The van der Waals surface area contributed by atoms with Gasteiger partial charge in [-0.15, -0.1) is 0 Å². The molecule has 1 amide bonds. The van der Waals surface area contributed by atoms with Crippen LogP contribution in [0.2, 0.25) is 0 Å². The van der Waals surface area contributed by atoms with Crippen molar-refractivity contribution in [3.05, 3.63) is 0 Å². The molecule has 10 heavy (non-hydrogen) atoms. The molecule has 1 fully saturated rings. The van der Waals surface area contributed by atoms with E-state index in [1.54, 1.807) is 0 Å². The third-order valence-electron chi connectivity index (χ3n) is 1.46. The lowest BCUT2D eigenvalue weighted by atomic mass is 10.3. The lowest BCUT2D eigenvalue weighted by Crippen LogP contribution is -2.39. The second-order valence-corrected chi connectivity index (χ2v) is 2.29. The summed E-state index contributed by atoms with van der Waals surface area (Å²) in [7, 11) is 0. The first-order valence-electron chi connectivity index (χ1n) is 3.40.